The molecule has 1 amide bonds. The molecule has 25 heavy (non-hydrogen) atoms. The van der Waals surface area contributed by atoms with E-state index in [1.807, 2.05) is 29.2 Å². The molecule has 0 atom stereocenters. The first-order valence-electron chi connectivity index (χ1n) is 8.29. The molecule has 132 valence electrons. The summed E-state index contributed by atoms with van der Waals surface area (Å²) >= 11 is 3.34. The number of rotatable bonds is 5. The molecular weight excluding hydrogens is 384 g/mol. The minimum Gasteiger partial charge on any atom is -0.497 e. The summed E-state index contributed by atoms with van der Waals surface area (Å²) in [7, 11) is 1.65. The third kappa shape index (κ3) is 4.69. The van der Waals surface area contributed by atoms with E-state index in [1.54, 1.807) is 19.5 Å². The molecule has 1 aliphatic heterocycles. The van der Waals surface area contributed by atoms with E-state index in [4.69, 9.17) is 4.74 Å². The lowest BCUT2D eigenvalue weighted by Gasteiger charge is -2.34. The maximum atomic E-state index is 12.5. The first-order valence-corrected chi connectivity index (χ1v) is 9.08. The Morgan fingerprint density at radius 3 is 2.60 bits per heavy atom. The van der Waals surface area contributed by atoms with Gasteiger partial charge >= 0.3 is 0 Å². The van der Waals surface area contributed by atoms with Crippen molar-refractivity contribution in [3.63, 3.8) is 0 Å². The number of carbonyl (C=O) groups excluding carboxylic acids is 1. The van der Waals surface area contributed by atoms with Crippen LogP contribution in [0.25, 0.3) is 0 Å². The summed E-state index contributed by atoms with van der Waals surface area (Å²) in [5.41, 5.74) is 1.12. The van der Waals surface area contributed by atoms with Gasteiger partial charge < -0.3 is 14.5 Å². The summed E-state index contributed by atoms with van der Waals surface area (Å²) in [4.78, 5) is 25.1. The molecule has 3 rings (SSSR count). The van der Waals surface area contributed by atoms with Gasteiger partial charge in [0.2, 0.25) is 11.9 Å². The van der Waals surface area contributed by atoms with Crippen molar-refractivity contribution in [3.8, 4) is 5.75 Å². The normalized spacial score (nSPS) is 14.5. The number of aromatic nitrogens is 2. The molecule has 1 fully saturated rings. The van der Waals surface area contributed by atoms with Gasteiger partial charge in [-0.05, 0) is 40.0 Å². The fourth-order valence-corrected chi connectivity index (χ4v) is 3.07. The van der Waals surface area contributed by atoms with Gasteiger partial charge in [0.15, 0.2) is 0 Å². The zero-order valence-electron chi connectivity index (χ0n) is 14.2. The summed E-state index contributed by atoms with van der Waals surface area (Å²) in [6.07, 6.45) is 4.73. The first kappa shape index (κ1) is 17.7. The van der Waals surface area contributed by atoms with Crippen molar-refractivity contribution in [2.45, 2.75) is 12.8 Å². The smallest absolute Gasteiger partial charge is 0.225 e. The van der Waals surface area contributed by atoms with Crippen LogP contribution in [0.15, 0.2) is 41.1 Å². The van der Waals surface area contributed by atoms with Crippen LogP contribution in [-0.4, -0.2) is 54.1 Å². The molecule has 0 aliphatic carbocycles. The molecule has 2 aromatic rings. The summed E-state index contributed by atoms with van der Waals surface area (Å²) in [5, 5.41) is 0. The number of methoxy groups -OCH3 is 1. The average Bonchev–Trinajstić information content (AvgIpc) is 2.67. The van der Waals surface area contributed by atoms with Crippen LogP contribution in [0.1, 0.15) is 12.0 Å². The van der Waals surface area contributed by atoms with Gasteiger partial charge in [0.05, 0.1) is 11.6 Å². The zero-order valence-corrected chi connectivity index (χ0v) is 15.8. The molecule has 7 heteroatoms. The van der Waals surface area contributed by atoms with Crippen LogP contribution >= 0.6 is 15.9 Å². The average molecular weight is 405 g/mol. The van der Waals surface area contributed by atoms with Crippen LogP contribution in [0.5, 0.6) is 5.75 Å². The van der Waals surface area contributed by atoms with E-state index in [0.29, 0.717) is 25.5 Å². The van der Waals surface area contributed by atoms with Crippen LogP contribution in [-0.2, 0) is 11.2 Å². The van der Waals surface area contributed by atoms with Crippen molar-refractivity contribution in [1.82, 2.24) is 14.9 Å². The monoisotopic (exact) mass is 404 g/mol. The van der Waals surface area contributed by atoms with Crippen LogP contribution < -0.4 is 9.64 Å². The highest BCUT2D eigenvalue weighted by Gasteiger charge is 2.22. The Kier molecular flexibility index (Phi) is 5.86. The molecule has 1 aliphatic rings. The standard InChI is InChI=1S/C18H21BrN4O2/c1-25-16-4-2-3-14(11-16)5-6-17(24)22-7-9-23(10-8-22)18-20-12-15(19)13-21-18/h2-4,11-13H,5-10H2,1H3. The van der Waals surface area contributed by atoms with Crippen molar-refractivity contribution in [1.29, 1.82) is 0 Å². The lowest BCUT2D eigenvalue weighted by molar-refractivity contribution is -0.131. The van der Waals surface area contributed by atoms with Crippen LogP contribution in [0, 0.1) is 0 Å². The maximum absolute atomic E-state index is 12.5. The molecule has 0 spiro atoms. The lowest BCUT2D eigenvalue weighted by Crippen LogP contribution is -2.49. The number of anilines is 1. The SMILES string of the molecule is COc1cccc(CCC(=O)N2CCN(c3ncc(Br)cn3)CC2)c1. The largest absolute Gasteiger partial charge is 0.497 e. The van der Waals surface area contributed by atoms with E-state index in [2.05, 4.69) is 30.8 Å². The molecule has 1 aromatic heterocycles. The number of piperazine rings is 1. The van der Waals surface area contributed by atoms with E-state index < -0.39 is 0 Å². The van der Waals surface area contributed by atoms with Gasteiger partial charge in [-0.1, -0.05) is 12.1 Å². The fourth-order valence-electron chi connectivity index (χ4n) is 2.86. The highest BCUT2D eigenvalue weighted by Crippen LogP contribution is 2.16. The number of hydrogen-bond acceptors (Lipinski definition) is 5. The van der Waals surface area contributed by atoms with Gasteiger partial charge in [-0.25, -0.2) is 9.97 Å². The lowest BCUT2D eigenvalue weighted by atomic mass is 10.1. The Bertz CT molecular complexity index is 715. The molecule has 0 bridgehead atoms. The van der Waals surface area contributed by atoms with Crippen LogP contribution in [0.4, 0.5) is 5.95 Å². The Hall–Kier alpha value is -2.15. The van der Waals surface area contributed by atoms with E-state index in [-0.39, 0.29) is 5.91 Å². The van der Waals surface area contributed by atoms with Gasteiger partial charge in [0, 0.05) is 45.0 Å². The molecule has 0 radical (unpaired) electrons. The van der Waals surface area contributed by atoms with Gasteiger partial charge in [0.25, 0.3) is 0 Å². The minimum atomic E-state index is 0.194. The zero-order chi connectivity index (χ0) is 17.6. The van der Waals surface area contributed by atoms with Gasteiger partial charge in [-0.3, -0.25) is 4.79 Å². The fraction of sp³-hybridized carbons (Fsp3) is 0.389. The van der Waals surface area contributed by atoms with Crippen molar-refractivity contribution < 1.29 is 9.53 Å². The number of amides is 1. The Morgan fingerprint density at radius 2 is 1.92 bits per heavy atom. The summed E-state index contributed by atoms with van der Waals surface area (Å²) in [5.74, 6) is 1.74. The number of ether oxygens (including phenoxy) is 1. The molecular formula is C18H21BrN4O2. The quantitative estimate of drug-likeness (QED) is 0.765. The van der Waals surface area contributed by atoms with Crippen molar-refractivity contribution in [2.24, 2.45) is 0 Å². The van der Waals surface area contributed by atoms with E-state index >= 15 is 0 Å². The van der Waals surface area contributed by atoms with E-state index in [1.165, 1.54) is 0 Å². The molecule has 0 unspecified atom stereocenters. The molecule has 0 saturated carbocycles. The molecule has 6 nitrogen and oxygen atoms in total. The van der Waals surface area contributed by atoms with Gasteiger partial charge in [-0.15, -0.1) is 0 Å². The van der Waals surface area contributed by atoms with Gasteiger partial charge in [0.1, 0.15) is 5.75 Å². The van der Waals surface area contributed by atoms with Crippen LogP contribution in [0.2, 0.25) is 0 Å². The Morgan fingerprint density at radius 1 is 1.20 bits per heavy atom. The number of aryl methyl sites for hydroxylation is 1. The molecule has 0 N–H and O–H groups in total. The second-order valence-electron chi connectivity index (χ2n) is 5.92. The highest BCUT2D eigenvalue weighted by atomic mass is 79.9. The van der Waals surface area contributed by atoms with Crippen molar-refractivity contribution in [3.05, 3.63) is 46.7 Å². The predicted octanol–water partition coefficient (Wildman–Crippen LogP) is 2.53. The second kappa shape index (κ2) is 8.29. The molecule has 2 heterocycles. The Balaban J connectivity index is 1.48. The van der Waals surface area contributed by atoms with Crippen molar-refractivity contribution in [2.75, 3.05) is 38.2 Å². The third-order valence-electron chi connectivity index (χ3n) is 4.28. The number of benzene rings is 1. The number of carbonyl (C=O) groups is 1. The molecule has 1 aromatic carbocycles. The molecule has 1 saturated heterocycles. The number of nitrogens with zero attached hydrogens (tertiary/aromatic N) is 4. The number of hydrogen-bond donors (Lipinski definition) is 0. The van der Waals surface area contributed by atoms with E-state index in [0.717, 1.165) is 35.3 Å². The summed E-state index contributed by atoms with van der Waals surface area (Å²) < 4.78 is 6.09. The van der Waals surface area contributed by atoms with Crippen molar-refractivity contribution >= 4 is 27.8 Å². The van der Waals surface area contributed by atoms with Crippen LogP contribution in [0.3, 0.4) is 0 Å². The predicted molar refractivity (Wildman–Crippen MR) is 99.8 cm³/mol. The van der Waals surface area contributed by atoms with E-state index in [9.17, 15) is 4.79 Å². The maximum Gasteiger partial charge on any atom is 0.225 e. The first-order chi connectivity index (χ1) is 12.2. The second-order valence-corrected chi connectivity index (χ2v) is 6.84. The van der Waals surface area contributed by atoms with Gasteiger partial charge in [-0.2, -0.15) is 0 Å². The summed E-state index contributed by atoms with van der Waals surface area (Å²) in [6.45, 7) is 2.92. The summed E-state index contributed by atoms with van der Waals surface area (Å²) in [6, 6.07) is 7.87. The Labute approximate surface area is 156 Å². The highest BCUT2D eigenvalue weighted by molar-refractivity contribution is 9.10. The third-order valence-corrected chi connectivity index (χ3v) is 4.69. The minimum absolute atomic E-state index is 0.194. The number of halogens is 1. The topological polar surface area (TPSA) is 58.6 Å².